The molecule has 1 aliphatic carbocycles. The maximum Gasteiger partial charge on any atom is 0.307 e. The SMILES string of the molecule is Cc1nn(-c2cc(=O)[nH]c(C3CC3)n2)c(C)c1CC(=O)O. The third kappa shape index (κ3) is 2.58. The maximum atomic E-state index is 11.8. The Hall–Kier alpha value is -2.44. The third-order valence-electron chi connectivity index (χ3n) is 3.70. The molecule has 2 N–H and O–H groups in total. The summed E-state index contributed by atoms with van der Waals surface area (Å²) in [6, 6.07) is 1.38. The standard InChI is InChI=1S/C14H16N4O3/c1-7-10(5-13(20)21)8(2)18(17-7)11-6-12(19)16-14(15-11)9-3-4-9/h6,9H,3-5H2,1-2H3,(H,20,21)(H,15,16,19). The van der Waals surface area contributed by atoms with E-state index in [4.69, 9.17) is 5.11 Å². The van der Waals surface area contributed by atoms with Crippen LogP contribution < -0.4 is 5.56 Å². The molecule has 0 aliphatic heterocycles. The number of carboxylic acid groups (broad SMARTS) is 1. The fourth-order valence-electron chi connectivity index (χ4n) is 2.43. The van der Waals surface area contributed by atoms with Crippen molar-refractivity contribution in [3.05, 3.63) is 39.2 Å². The van der Waals surface area contributed by atoms with Gasteiger partial charge in [0, 0.05) is 23.2 Å². The van der Waals surface area contributed by atoms with Crippen LogP contribution in [-0.2, 0) is 11.2 Å². The van der Waals surface area contributed by atoms with Crippen LogP contribution >= 0.6 is 0 Å². The molecule has 7 heteroatoms. The minimum atomic E-state index is -0.904. The fraction of sp³-hybridized carbons (Fsp3) is 0.429. The predicted molar refractivity (Wildman–Crippen MR) is 74.8 cm³/mol. The van der Waals surface area contributed by atoms with E-state index in [0.717, 1.165) is 12.8 Å². The molecule has 0 amide bonds. The van der Waals surface area contributed by atoms with E-state index in [1.54, 1.807) is 18.5 Å². The molecule has 3 rings (SSSR count). The molecule has 21 heavy (non-hydrogen) atoms. The molecule has 0 bridgehead atoms. The lowest BCUT2D eigenvalue weighted by Crippen LogP contribution is -2.15. The number of rotatable bonds is 4. The highest BCUT2D eigenvalue weighted by Gasteiger charge is 2.27. The van der Waals surface area contributed by atoms with E-state index in [1.807, 2.05) is 0 Å². The van der Waals surface area contributed by atoms with Gasteiger partial charge in [0.25, 0.3) is 5.56 Å². The van der Waals surface area contributed by atoms with E-state index < -0.39 is 5.97 Å². The van der Waals surface area contributed by atoms with Gasteiger partial charge in [-0.3, -0.25) is 9.59 Å². The highest BCUT2D eigenvalue weighted by atomic mass is 16.4. The van der Waals surface area contributed by atoms with Gasteiger partial charge in [-0.25, -0.2) is 9.67 Å². The number of aliphatic carboxylic acids is 1. The first-order chi connectivity index (χ1) is 9.95. The number of aromatic amines is 1. The van der Waals surface area contributed by atoms with Crippen molar-refractivity contribution in [1.82, 2.24) is 19.7 Å². The molecule has 7 nitrogen and oxygen atoms in total. The van der Waals surface area contributed by atoms with E-state index >= 15 is 0 Å². The molecule has 0 spiro atoms. The zero-order valence-electron chi connectivity index (χ0n) is 11.9. The van der Waals surface area contributed by atoms with Crippen LogP contribution in [0, 0.1) is 13.8 Å². The molecular formula is C14H16N4O3. The lowest BCUT2D eigenvalue weighted by Gasteiger charge is -2.05. The Morgan fingerprint density at radius 2 is 2.19 bits per heavy atom. The van der Waals surface area contributed by atoms with Gasteiger partial charge in [0.2, 0.25) is 0 Å². The second-order valence-corrected chi connectivity index (χ2v) is 5.39. The Bertz CT molecular complexity index is 771. The molecule has 0 aromatic carbocycles. The Balaban J connectivity index is 2.08. The molecule has 2 aromatic rings. The van der Waals surface area contributed by atoms with Gasteiger partial charge in [0.1, 0.15) is 5.82 Å². The van der Waals surface area contributed by atoms with Crippen LogP contribution in [0.2, 0.25) is 0 Å². The number of aromatic nitrogens is 4. The van der Waals surface area contributed by atoms with Gasteiger partial charge in [-0.05, 0) is 26.7 Å². The van der Waals surface area contributed by atoms with Crippen LogP contribution in [0.3, 0.4) is 0 Å². The van der Waals surface area contributed by atoms with Crippen molar-refractivity contribution < 1.29 is 9.90 Å². The van der Waals surface area contributed by atoms with Crippen LogP contribution in [-0.4, -0.2) is 30.8 Å². The predicted octanol–water partition coefficient (Wildman–Crippen LogP) is 1.08. The van der Waals surface area contributed by atoms with Crippen molar-refractivity contribution >= 4 is 5.97 Å². The second kappa shape index (κ2) is 4.83. The van der Waals surface area contributed by atoms with Crippen molar-refractivity contribution in [2.45, 2.75) is 39.0 Å². The fourth-order valence-corrected chi connectivity index (χ4v) is 2.43. The molecule has 2 aromatic heterocycles. The lowest BCUT2D eigenvalue weighted by molar-refractivity contribution is -0.136. The topological polar surface area (TPSA) is 101 Å². The largest absolute Gasteiger partial charge is 0.481 e. The molecule has 0 radical (unpaired) electrons. The maximum absolute atomic E-state index is 11.8. The van der Waals surface area contributed by atoms with Crippen molar-refractivity contribution in [1.29, 1.82) is 0 Å². The van der Waals surface area contributed by atoms with Gasteiger partial charge in [-0.1, -0.05) is 0 Å². The lowest BCUT2D eigenvalue weighted by atomic mass is 10.1. The van der Waals surface area contributed by atoms with Crippen molar-refractivity contribution in [2.75, 3.05) is 0 Å². The summed E-state index contributed by atoms with van der Waals surface area (Å²) in [5, 5.41) is 13.3. The van der Waals surface area contributed by atoms with Gasteiger partial charge in [-0.2, -0.15) is 5.10 Å². The van der Waals surface area contributed by atoms with E-state index in [2.05, 4.69) is 15.1 Å². The summed E-state index contributed by atoms with van der Waals surface area (Å²) in [5.74, 6) is 0.550. The summed E-state index contributed by atoms with van der Waals surface area (Å²) >= 11 is 0. The Morgan fingerprint density at radius 3 is 2.81 bits per heavy atom. The van der Waals surface area contributed by atoms with Crippen LogP contribution in [0.1, 0.15) is 41.5 Å². The van der Waals surface area contributed by atoms with Gasteiger partial charge >= 0.3 is 5.97 Å². The number of hydrogen-bond acceptors (Lipinski definition) is 4. The van der Waals surface area contributed by atoms with Gasteiger partial charge in [-0.15, -0.1) is 0 Å². The number of nitrogens with one attached hydrogen (secondary N) is 1. The van der Waals surface area contributed by atoms with Crippen molar-refractivity contribution in [3.63, 3.8) is 0 Å². The number of carboxylic acids is 1. The average Bonchev–Trinajstić information content (AvgIpc) is 3.21. The minimum absolute atomic E-state index is 0.0870. The third-order valence-corrected chi connectivity index (χ3v) is 3.70. The first-order valence-electron chi connectivity index (χ1n) is 6.84. The van der Waals surface area contributed by atoms with Crippen LogP contribution in [0.4, 0.5) is 0 Å². The van der Waals surface area contributed by atoms with Crippen molar-refractivity contribution in [3.8, 4) is 5.82 Å². The Kier molecular flexibility index (Phi) is 3.12. The summed E-state index contributed by atoms with van der Waals surface area (Å²) in [5.41, 5.74) is 1.80. The molecule has 0 atom stereocenters. The summed E-state index contributed by atoms with van der Waals surface area (Å²) in [6.45, 7) is 3.55. The van der Waals surface area contributed by atoms with E-state index in [-0.39, 0.29) is 12.0 Å². The Labute approximate surface area is 120 Å². The summed E-state index contributed by atoms with van der Waals surface area (Å²) < 4.78 is 1.55. The molecule has 1 saturated carbocycles. The smallest absolute Gasteiger partial charge is 0.307 e. The first kappa shape index (κ1) is 13.5. The zero-order chi connectivity index (χ0) is 15.1. The zero-order valence-corrected chi connectivity index (χ0v) is 11.9. The van der Waals surface area contributed by atoms with Crippen LogP contribution in [0.5, 0.6) is 0 Å². The minimum Gasteiger partial charge on any atom is -0.481 e. The van der Waals surface area contributed by atoms with Gasteiger partial charge < -0.3 is 10.1 Å². The molecule has 110 valence electrons. The van der Waals surface area contributed by atoms with Gasteiger partial charge in [0.15, 0.2) is 5.82 Å². The highest BCUT2D eigenvalue weighted by Crippen LogP contribution is 2.37. The molecule has 0 saturated heterocycles. The van der Waals surface area contributed by atoms with Gasteiger partial charge in [0.05, 0.1) is 12.1 Å². The normalized spacial score (nSPS) is 14.4. The molecule has 0 unspecified atom stereocenters. The van der Waals surface area contributed by atoms with Crippen molar-refractivity contribution in [2.24, 2.45) is 0 Å². The quantitative estimate of drug-likeness (QED) is 0.876. The molecule has 1 fully saturated rings. The van der Waals surface area contributed by atoms with E-state index in [0.29, 0.717) is 34.5 Å². The first-order valence-corrected chi connectivity index (χ1v) is 6.84. The number of H-pyrrole nitrogens is 1. The number of nitrogens with zero attached hydrogens (tertiary/aromatic N) is 3. The monoisotopic (exact) mass is 288 g/mol. The van der Waals surface area contributed by atoms with E-state index in [9.17, 15) is 9.59 Å². The molecule has 2 heterocycles. The summed E-state index contributed by atoms with van der Waals surface area (Å²) in [4.78, 5) is 29.9. The van der Waals surface area contributed by atoms with E-state index in [1.165, 1.54) is 6.07 Å². The number of carbonyl (C=O) groups is 1. The average molecular weight is 288 g/mol. The number of hydrogen-bond donors (Lipinski definition) is 2. The summed E-state index contributed by atoms with van der Waals surface area (Å²) in [7, 11) is 0. The highest BCUT2D eigenvalue weighted by molar-refractivity contribution is 5.71. The van der Waals surface area contributed by atoms with Crippen LogP contribution in [0.25, 0.3) is 5.82 Å². The second-order valence-electron chi connectivity index (χ2n) is 5.39. The number of aryl methyl sites for hydroxylation is 1. The summed E-state index contributed by atoms with van der Waals surface area (Å²) in [6.07, 6.45) is 1.98. The Morgan fingerprint density at radius 1 is 1.48 bits per heavy atom. The molecular weight excluding hydrogens is 272 g/mol. The molecule has 1 aliphatic rings. The van der Waals surface area contributed by atoms with Crippen LogP contribution in [0.15, 0.2) is 10.9 Å².